The van der Waals surface area contributed by atoms with Crippen LogP contribution in [-0.4, -0.2) is 22.3 Å². The van der Waals surface area contributed by atoms with Crippen LogP contribution in [0, 0.1) is 0 Å². The lowest BCUT2D eigenvalue weighted by molar-refractivity contribution is -0.697. The van der Waals surface area contributed by atoms with Gasteiger partial charge in [-0.1, -0.05) is 48.5 Å². The number of hydrogen-bond donors (Lipinski definition) is 0. The van der Waals surface area contributed by atoms with Crippen LogP contribution in [0.25, 0.3) is 21.5 Å². The van der Waals surface area contributed by atoms with Crippen molar-refractivity contribution in [1.82, 2.24) is 9.13 Å². The molecule has 0 atom stereocenters. The van der Waals surface area contributed by atoms with E-state index in [1.165, 1.54) is 0 Å². The van der Waals surface area contributed by atoms with Crippen molar-refractivity contribution in [1.29, 1.82) is 0 Å². The fraction of sp³-hybridized carbons (Fsp3) is 0.286. The van der Waals surface area contributed by atoms with Gasteiger partial charge in [0.1, 0.15) is 62.6 Å². The predicted octanol–water partition coefficient (Wildman–Crippen LogP) is 4.37. The molecule has 34 heavy (non-hydrogen) atoms. The molecular weight excluding hydrogens is 424 g/mol. The first-order valence-corrected chi connectivity index (χ1v) is 12.1. The number of ether oxygens (including phenoxy) is 2. The van der Waals surface area contributed by atoms with Gasteiger partial charge >= 0.3 is 0 Å². The van der Waals surface area contributed by atoms with Gasteiger partial charge in [0.2, 0.25) is 12.7 Å². The summed E-state index contributed by atoms with van der Waals surface area (Å²) in [6, 6.07) is 16.8. The number of benzene rings is 3. The van der Waals surface area contributed by atoms with Gasteiger partial charge in [0, 0.05) is 21.5 Å². The van der Waals surface area contributed by atoms with Crippen molar-refractivity contribution in [2.45, 2.75) is 40.0 Å². The number of aryl methyl sites for hydroxylation is 2. The number of nitrogens with zero attached hydrogens (tertiary/aromatic N) is 4. The maximum absolute atomic E-state index is 6.43. The zero-order chi connectivity index (χ0) is 23.3. The van der Waals surface area contributed by atoms with Gasteiger partial charge in [-0.3, -0.25) is 0 Å². The van der Waals surface area contributed by atoms with E-state index >= 15 is 0 Å². The Bertz CT molecular complexity index is 1240. The zero-order valence-electron chi connectivity index (χ0n) is 19.9. The summed E-state index contributed by atoms with van der Waals surface area (Å²) in [6.07, 6.45) is 12.6. The standard InChI is InChI=1S/C28H32N4O2/c1-3-29-13-15-31(21-29)17-19-33-27-23-9-5-7-11-25(23)28(26-12-8-6-10-24(26)27)34-20-18-32-16-14-30(4-2)22-32/h5-16,21-22H,3-4,17-20H2,1-2H3/q+2. The molecule has 0 aliphatic rings. The number of imidazole rings is 2. The Kier molecular flexibility index (Phi) is 6.47. The van der Waals surface area contributed by atoms with Crippen LogP contribution in [0.3, 0.4) is 0 Å². The van der Waals surface area contributed by atoms with Crippen LogP contribution in [0.1, 0.15) is 13.8 Å². The lowest BCUT2D eigenvalue weighted by atomic mass is 10.0. The maximum Gasteiger partial charge on any atom is 0.243 e. The van der Waals surface area contributed by atoms with Crippen LogP contribution in [-0.2, 0) is 26.2 Å². The van der Waals surface area contributed by atoms with E-state index in [1.54, 1.807) is 0 Å². The molecule has 5 aromatic rings. The highest BCUT2D eigenvalue weighted by Crippen LogP contribution is 2.42. The molecule has 2 heterocycles. The molecular formula is C28H32N4O2+2. The van der Waals surface area contributed by atoms with Crippen LogP contribution in [0.15, 0.2) is 86.0 Å². The van der Waals surface area contributed by atoms with Crippen molar-refractivity contribution in [3.8, 4) is 11.5 Å². The van der Waals surface area contributed by atoms with Crippen LogP contribution < -0.4 is 18.6 Å². The normalized spacial score (nSPS) is 11.4. The molecule has 6 nitrogen and oxygen atoms in total. The Hall–Kier alpha value is -3.80. The van der Waals surface area contributed by atoms with Crippen molar-refractivity contribution in [3.63, 3.8) is 0 Å². The molecule has 0 unspecified atom stereocenters. The highest BCUT2D eigenvalue weighted by atomic mass is 16.5. The fourth-order valence-corrected chi connectivity index (χ4v) is 4.38. The summed E-state index contributed by atoms with van der Waals surface area (Å²) in [7, 11) is 0. The van der Waals surface area contributed by atoms with E-state index in [4.69, 9.17) is 9.47 Å². The smallest absolute Gasteiger partial charge is 0.243 e. The summed E-state index contributed by atoms with van der Waals surface area (Å²) in [6.45, 7) is 8.99. The van der Waals surface area contributed by atoms with Gasteiger partial charge in [-0.05, 0) is 13.8 Å². The molecule has 3 aromatic carbocycles. The van der Waals surface area contributed by atoms with Crippen molar-refractivity contribution in [2.24, 2.45) is 0 Å². The first-order chi connectivity index (χ1) is 16.8. The minimum Gasteiger partial charge on any atom is -0.488 e. The van der Waals surface area contributed by atoms with E-state index in [0.29, 0.717) is 13.2 Å². The Morgan fingerprint density at radius 1 is 0.618 bits per heavy atom. The number of aromatic nitrogens is 4. The summed E-state index contributed by atoms with van der Waals surface area (Å²) in [5, 5.41) is 4.32. The molecule has 174 valence electrons. The third kappa shape index (κ3) is 4.49. The van der Waals surface area contributed by atoms with Gasteiger partial charge in [-0.2, -0.15) is 0 Å². The first-order valence-electron chi connectivity index (χ1n) is 12.1. The minimum atomic E-state index is 0.595. The second-order valence-corrected chi connectivity index (χ2v) is 8.41. The van der Waals surface area contributed by atoms with E-state index in [-0.39, 0.29) is 0 Å². The van der Waals surface area contributed by atoms with Gasteiger partial charge in [0.25, 0.3) is 0 Å². The highest BCUT2D eigenvalue weighted by Gasteiger charge is 2.16. The minimum absolute atomic E-state index is 0.595. The Labute approximate surface area is 200 Å². The van der Waals surface area contributed by atoms with Gasteiger partial charge in [-0.15, -0.1) is 0 Å². The quantitative estimate of drug-likeness (QED) is 0.231. The topological polar surface area (TPSA) is 36.1 Å². The van der Waals surface area contributed by atoms with Crippen molar-refractivity contribution in [2.75, 3.05) is 13.2 Å². The van der Waals surface area contributed by atoms with Crippen LogP contribution >= 0.6 is 0 Å². The molecule has 5 rings (SSSR count). The fourth-order valence-electron chi connectivity index (χ4n) is 4.38. The summed E-state index contributed by atoms with van der Waals surface area (Å²) in [4.78, 5) is 0. The summed E-state index contributed by atoms with van der Waals surface area (Å²) in [5.41, 5.74) is 0. The largest absolute Gasteiger partial charge is 0.488 e. The van der Waals surface area contributed by atoms with Crippen molar-refractivity contribution >= 4 is 21.5 Å². The number of fused-ring (bicyclic) bond motifs is 2. The molecule has 0 spiro atoms. The molecule has 0 aliphatic carbocycles. The van der Waals surface area contributed by atoms with Gasteiger partial charge in [0.15, 0.2) is 0 Å². The summed E-state index contributed by atoms with van der Waals surface area (Å²) < 4.78 is 21.5. The molecule has 6 heteroatoms. The van der Waals surface area contributed by atoms with E-state index in [1.807, 2.05) is 0 Å². The predicted molar refractivity (Wildman–Crippen MR) is 133 cm³/mol. The second kappa shape index (κ2) is 10.00. The first kappa shape index (κ1) is 22.0. The third-order valence-corrected chi connectivity index (χ3v) is 6.25. The molecule has 0 amide bonds. The Balaban J connectivity index is 1.42. The average Bonchev–Trinajstić information content (AvgIpc) is 3.54. The van der Waals surface area contributed by atoms with Crippen LogP contribution in [0.4, 0.5) is 0 Å². The van der Waals surface area contributed by atoms with Crippen LogP contribution in [0.5, 0.6) is 11.5 Å². The molecule has 0 saturated carbocycles. The lowest BCUT2D eigenvalue weighted by Crippen LogP contribution is -2.34. The monoisotopic (exact) mass is 456 g/mol. The molecule has 0 radical (unpaired) electrons. The Morgan fingerprint density at radius 3 is 1.32 bits per heavy atom. The van der Waals surface area contributed by atoms with Gasteiger partial charge < -0.3 is 9.47 Å². The second-order valence-electron chi connectivity index (χ2n) is 8.41. The summed E-state index contributed by atoms with van der Waals surface area (Å²) in [5.74, 6) is 1.84. The molecule has 0 N–H and O–H groups in total. The van der Waals surface area contributed by atoms with E-state index in [0.717, 1.165) is 59.2 Å². The maximum atomic E-state index is 6.43. The number of rotatable bonds is 10. The zero-order valence-corrected chi connectivity index (χ0v) is 19.9. The van der Waals surface area contributed by atoms with Crippen LogP contribution in [0.2, 0.25) is 0 Å². The van der Waals surface area contributed by atoms with E-state index in [9.17, 15) is 0 Å². The van der Waals surface area contributed by atoms with Crippen molar-refractivity contribution < 1.29 is 18.6 Å². The highest BCUT2D eigenvalue weighted by molar-refractivity contribution is 6.11. The molecule has 0 aliphatic heterocycles. The molecule has 0 saturated heterocycles. The van der Waals surface area contributed by atoms with Gasteiger partial charge in [-0.25, -0.2) is 18.3 Å². The molecule has 0 bridgehead atoms. The lowest BCUT2D eigenvalue weighted by Gasteiger charge is -2.17. The average molecular weight is 457 g/mol. The molecule has 0 fully saturated rings. The van der Waals surface area contributed by atoms with Gasteiger partial charge in [0.05, 0.1) is 13.1 Å². The third-order valence-electron chi connectivity index (χ3n) is 6.25. The SMILES string of the molecule is CCn1cc[n+](CCOc2c3ccccc3c(OCC[n+]3ccn(CC)c3)c3ccccc23)c1. The van der Waals surface area contributed by atoms with Crippen molar-refractivity contribution in [3.05, 3.63) is 86.0 Å². The van der Waals surface area contributed by atoms with E-state index in [2.05, 4.69) is 118 Å². The molecule has 2 aromatic heterocycles. The Morgan fingerprint density at radius 2 is 1.00 bits per heavy atom. The number of hydrogen-bond acceptors (Lipinski definition) is 2. The van der Waals surface area contributed by atoms with E-state index < -0.39 is 0 Å². The summed E-state index contributed by atoms with van der Waals surface area (Å²) >= 11 is 0.